The summed E-state index contributed by atoms with van der Waals surface area (Å²) in [5.74, 6) is 0. The third kappa shape index (κ3) is 6.87. The molecule has 20 heavy (non-hydrogen) atoms. The van der Waals surface area contributed by atoms with E-state index < -0.39 is 0 Å². The second-order valence-corrected chi connectivity index (χ2v) is 7.32. The average molecular weight is 342 g/mol. The Hall–Kier alpha value is -0.380. The summed E-state index contributed by atoms with van der Waals surface area (Å²) < 4.78 is 7.34. The van der Waals surface area contributed by atoms with E-state index >= 15 is 0 Å². The molecule has 114 valence electrons. The van der Waals surface area contributed by atoms with Crippen molar-refractivity contribution in [3.8, 4) is 0 Å². The Morgan fingerprint density at radius 3 is 2.30 bits per heavy atom. The molecule has 0 aromatic heterocycles. The van der Waals surface area contributed by atoms with Crippen LogP contribution < -0.4 is 5.32 Å². The smallest absolute Gasteiger partial charge is 0.0953 e. The van der Waals surface area contributed by atoms with Gasteiger partial charge in [-0.25, -0.2) is 0 Å². The first-order chi connectivity index (χ1) is 9.31. The van der Waals surface area contributed by atoms with Crippen LogP contribution in [0.4, 0.5) is 0 Å². The molecule has 0 saturated carbocycles. The van der Waals surface area contributed by atoms with E-state index in [2.05, 4.69) is 80.1 Å². The molecule has 0 aliphatic rings. The Morgan fingerprint density at radius 2 is 1.80 bits per heavy atom. The first-order valence-electron chi connectivity index (χ1n) is 7.47. The number of ether oxygens (including phenoxy) is 1. The van der Waals surface area contributed by atoms with Gasteiger partial charge in [-0.3, -0.25) is 0 Å². The highest BCUT2D eigenvalue weighted by Crippen LogP contribution is 2.23. The SMILES string of the molecule is CCCC(C)OC(CNC(C)(C)C)c1ccc(Br)cc1. The van der Waals surface area contributed by atoms with E-state index in [9.17, 15) is 0 Å². The molecular formula is C17H28BrNO. The molecule has 1 aromatic carbocycles. The molecule has 1 rings (SSSR count). The van der Waals surface area contributed by atoms with Crippen molar-refractivity contribution in [1.82, 2.24) is 5.32 Å². The number of halogens is 1. The second kappa shape index (κ2) is 8.16. The molecule has 1 N–H and O–H groups in total. The summed E-state index contributed by atoms with van der Waals surface area (Å²) >= 11 is 3.48. The van der Waals surface area contributed by atoms with Gasteiger partial charge in [0.15, 0.2) is 0 Å². The molecule has 0 aliphatic heterocycles. The van der Waals surface area contributed by atoms with Crippen molar-refractivity contribution in [2.45, 2.75) is 65.2 Å². The summed E-state index contributed by atoms with van der Waals surface area (Å²) in [6.07, 6.45) is 2.64. The fourth-order valence-electron chi connectivity index (χ4n) is 2.08. The maximum atomic E-state index is 6.23. The Kier molecular flexibility index (Phi) is 7.21. The molecule has 2 atom stereocenters. The summed E-state index contributed by atoms with van der Waals surface area (Å²) in [6.45, 7) is 11.7. The van der Waals surface area contributed by atoms with Crippen LogP contribution in [-0.2, 0) is 4.74 Å². The Labute approximate surface area is 132 Å². The predicted octanol–water partition coefficient (Wildman–Crippen LogP) is 5.08. The third-order valence-corrected chi connectivity index (χ3v) is 3.68. The minimum absolute atomic E-state index is 0.101. The maximum absolute atomic E-state index is 6.23. The lowest BCUT2D eigenvalue weighted by molar-refractivity contribution is -0.00994. The highest BCUT2D eigenvalue weighted by molar-refractivity contribution is 9.10. The largest absolute Gasteiger partial charge is 0.369 e. The fraction of sp³-hybridized carbons (Fsp3) is 0.647. The van der Waals surface area contributed by atoms with E-state index in [1.165, 1.54) is 5.56 Å². The summed E-state index contributed by atoms with van der Waals surface area (Å²) in [4.78, 5) is 0. The van der Waals surface area contributed by atoms with E-state index in [-0.39, 0.29) is 17.7 Å². The summed E-state index contributed by atoms with van der Waals surface area (Å²) in [7, 11) is 0. The summed E-state index contributed by atoms with van der Waals surface area (Å²) in [5.41, 5.74) is 1.33. The number of benzene rings is 1. The van der Waals surface area contributed by atoms with Gasteiger partial charge in [0.1, 0.15) is 0 Å². The zero-order chi connectivity index (χ0) is 15.2. The van der Waals surface area contributed by atoms with Crippen LogP contribution in [0.2, 0.25) is 0 Å². The zero-order valence-corrected chi connectivity index (χ0v) is 15.0. The second-order valence-electron chi connectivity index (χ2n) is 6.41. The number of rotatable bonds is 7. The normalized spacial score (nSPS) is 15.1. The quantitative estimate of drug-likeness (QED) is 0.746. The Bertz CT molecular complexity index is 383. The van der Waals surface area contributed by atoms with Crippen molar-refractivity contribution in [3.05, 3.63) is 34.3 Å². The third-order valence-electron chi connectivity index (χ3n) is 3.15. The standard InChI is InChI=1S/C17H28BrNO/c1-6-7-13(2)20-16(12-19-17(3,4)5)14-8-10-15(18)11-9-14/h8-11,13,16,19H,6-7,12H2,1-5H3. The van der Waals surface area contributed by atoms with E-state index in [4.69, 9.17) is 4.74 Å². The first-order valence-corrected chi connectivity index (χ1v) is 8.27. The molecule has 0 fully saturated rings. The lowest BCUT2D eigenvalue weighted by Crippen LogP contribution is -2.39. The van der Waals surface area contributed by atoms with Crippen molar-refractivity contribution in [1.29, 1.82) is 0 Å². The molecule has 0 bridgehead atoms. The fourth-order valence-corrected chi connectivity index (χ4v) is 2.34. The maximum Gasteiger partial charge on any atom is 0.0953 e. The van der Waals surface area contributed by atoms with Gasteiger partial charge < -0.3 is 10.1 Å². The summed E-state index contributed by atoms with van der Waals surface area (Å²) in [5, 5.41) is 3.55. The van der Waals surface area contributed by atoms with Crippen molar-refractivity contribution in [2.24, 2.45) is 0 Å². The molecule has 2 unspecified atom stereocenters. The average Bonchev–Trinajstić information content (AvgIpc) is 2.35. The number of hydrogen-bond acceptors (Lipinski definition) is 2. The molecular weight excluding hydrogens is 314 g/mol. The van der Waals surface area contributed by atoms with E-state index in [1.807, 2.05) is 0 Å². The molecule has 0 saturated heterocycles. The molecule has 1 aromatic rings. The van der Waals surface area contributed by atoms with Crippen LogP contribution in [-0.4, -0.2) is 18.2 Å². The highest BCUT2D eigenvalue weighted by Gasteiger charge is 2.18. The molecule has 3 heteroatoms. The van der Waals surface area contributed by atoms with Gasteiger partial charge in [0.25, 0.3) is 0 Å². The van der Waals surface area contributed by atoms with Crippen LogP contribution in [0, 0.1) is 0 Å². The van der Waals surface area contributed by atoms with Gasteiger partial charge in [0.05, 0.1) is 12.2 Å². The van der Waals surface area contributed by atoms with E-state index in [1.54, 1.807) is 0 Å². The van der Waals surface area contributed by atoms with Crippen LogP contribution in [0.25, 0.3) is 0 Å². The van der Waals surface area contributed by atoms with Gasteiger partial charge in [-0.05, 0) is 51.8 Å². The lowest BCUT2D eigenvalue weighted by Gasteiger charge is -2.28. The lowest BCUT2D eigenvalue weighted by atomic mass is 10.1. The van der Waals surface area contributed by atoms with Crippen LogP contribution in [0.5, 0.6) is 0 Å². The van der Waals surface area contributed by atoms with Crippen LogP contribution in [0.1, 0.15) is 59.1 Å². The minimum Gasteiger partial charge on any atom is -0.369 e. The highest BCUT2D eigenvalue weighted by atomic mass is 79.9. The van der Waals surface area contributed by atoms with Crippen LogP contribution in [0.15, 0.2) is 28.7 Å². The van der Waals surface area contributed by atoms with Crippen molar-refractivity contribution >= 4 is 15.9 Å². The van der Waals surface area contributed by atoms with Gasteiger partial charge in [-0.2, -0.15) is 0 Å². The molecule has 0 amide bonds. The molecule has 0 aliphatic carbocycles. The molecule has 2 nitrogen and oxygen atoms in total. The first kappa shape index (κ1) is 17.7. The van der Waals surface area contributed by atoms with Gasteiger partial charge in [-0.1, -0.05) is 41.4 Å². The van der Waals surface area contributed by atoms with Crippen molar-refractivity contribution in [2.75, 3.05) is 6.54 Å². The monoisotopic (exact) mass is 341 g/mol. The van der Waals surface area contributed by atoms with Gasteiger partial charge in [0, 0.05) is 16.6 Å². The Balaban J connectivity index is 2.75. The minimum atomic E-state index is 0.101. The molecule has 0 radical (unpaired) electrons. The number of hydrogen-bond donors (Lipinski definition) is 1. The summed E-state index contributed by atoms with van der Waals surface area (Å²) in [6, 6.07) is 8.43. The van der Waals surface area contributed by atoms with Gasteiger partial charge in [-0.15, -0.1) is 0 Å². The zero-order valence-electron chi connectivity index (χ0n) is 13.4. The molecule has 0 spiro atoms. The molecule has 0 heterocycles. The topological polar surface area (TPSA) is 21.3 Å². The van der Waals surface area contributed by atoms with Crippen LogP contribution >= 0.6 is 15.9 Å². The van der Waals surface area contributed by atoms with Gasteiger partial charge >= 0.3 is 0 Å². The van der Waals surface area contributed by atoms with Gasteiger partial charge in [0.2, 0.25) is 0 Å². The van der Waals surface area contributed by atoms with Crippen LogP contribution in [0.3, 0.4) is 0 Å². The number of nitrogens with one attached hydrogen (secondary N) is 1. The Morgan fingerprint density at radius 1 is 1.20 bits per heavy atom. The van der Waals surface area contributed by atoms with E-state index in [0.717, 1.165) is 23.9 Å². The van der Waals surface area contributed by atoms with E-state index in [0.29, 0.717) is 0 Å². The van der Waals surface area contributed by atoms with Crippen molar-refractivity contribution in [3.63, 3.8) is 0 Å². The van der Waals surface area contributed by atoms with Crippen molar-refractivity contribution < 1.29 is 4.74 Å². The predicted molar refractivity (Wildman–Crippen MR) is 90.1 cm³/mol.